The Morgan fingerprint density at radius 2 is 1.90 bits per heavy atom. The second-order valence-corrected chi connectivity index (χ2v) is 11.5. The number of ether oxygens (including phenoxy) is 2. The van der Waals surface area contributed by atoms with Crippen LogP contribution in [0, 0.1) is 5.92 Å². The number of hydrogen-bond acceptors (Lipinski definition) is 11. The summed E-state index contributed by atoms with van der Waals surface area (Å²) in [4.78, 5) is 35.4. The summed E-state index contributed by atoms with van der Waals surface area (Å²) in [5.74, 6) is 0.742. The maximum absolute atomic E-state index is 12.3. The molecule has 0 radical (unpaired) electrons. The van der Waals surface area contributed by atoms with Gasteiger partial charge < -0.3 is 19.7 Å². The minimum Gasteiger partial charge on any atom is -0.464 e. The number of likely N-dealkylation sites (tertiary alicyclic amines) is 1. The zero-order valence-corrected chi connectivity index (χ0v) is 23.7. The van der Waals surface area contributed by atoms with Gasteiger partial charge in [0.1, 0.15) is 11.4 Å². The van der Waals surface area contributed by atoms with Crippen LogP contribution in [0.5, 0.6) is 0 Å². The number of carbonyl (C=O) groups is 2. The number of nitrogens with one attached hydrogen (secondary N) is 1. The molecule has 1 amide bonds. The van der Waals surface area contributed by atoms with Gasteiger partial charge in [-0.15, -0.1) is 10.2 Å². The number of amides is 1. The van der Waals surface area contributed by atoms with Crippen molar-refractivity contribution in [3.63, 3.8) is 0 Å². The van der Waals surface area contributed by atoms with Gasteiger partial charge in [-0.1, -0.05) is 29.5 Å². The molecule has 0 spiro atoms. The lowest BCUT2D eigenvalue weighted by molar-refractivity contribution is 0.000825. The van der Waals surface area contributed by atoms with Gasteiger partial charge >= 0.3 is 12.1 Å². The summed E-state index contributed by atoms with van der Waals surface area (Å²) in [6, 6.07) is 7.93. The van der Waals surface area contributed by atoms with Gasteiger partial charge in [-0.3, -0.25) is 4.68 Å². The van der Waals surface area contributed by atoms with E-state index in [0.29, 0.717) is 41.8 Å². The smallest absolute Gasteiger partial charge is 0.410 e. The molecule has 12 nitrogen and oxygen atoms in total. The Hall–Kier alpha value is -4.39. The van der Waals surface area contributed by atoms with Gasteiger partial charge in [0.25, 0.3) is 0 Å². The molecule has 1 aliphatic rings. The molecule has 1 fully saturated rings. The lowest BCUT2D eigenvalue weighted by Gasteiger charge is -2.39. The molecule has 13 heteroatoms. The molecule has 4 heterocycles. The van der Waals surface area contributed by atoms with Crippen molar-refractivity contribution in [1.82, 2.24) is 34.8 Å². The van der Waals surface area contributed by atoms with E-state index in [-0.39, 0.29) is 17.0 Å². The number of benzene rings is 1. The summed E-state index contributed by atoms with van der Waals surface area (Å²) in [5, 5.41) is 16.4. The second kappa shape index (κ2) is 11.0. The molecule has 0 aliphatic carbocycles. The fourth-order valence-corrected chi connectivity index (χ4v) is 4.91. The zero-order chi connectivity index (χ0) is 28.4. The molecule has 1 saturated heterocycles. The third kappa shape index (κ3) is 6.09. The van der Waals surface area contributed by atoms with Crippen molar-refractivity contribution in [2.75, 3.05) is 32.1 Å². The molecule has 1 aliphatic heterocycles. The molecule has 40 heavy (non-hydrogen) atoms. The summed E-state index contributed by atoms with van der Waals surface area (Å²) in [6.07, 6.45) is 5.12. The van der Waals surface area contributed by atoms with Gasteiger partial charge in [0.2, 0.25) is 5.01 Å². The molecule has 0 saturated carbocycles. The van der Waals surface area contributed by atoms with Gasteiger partial charge in [-0.05, 0) is 32.4 Å². The van der Waals surface area contributed by atoms with Crippen LogP contribution in [-0.4, -0.2) is 79.3 Å². The van der Waals surface area contributed by atoms with Crippen molar-refractivity contribution >= 4 is 29.2 Å². The second-order valence-electron chi connectivity index (χ2n) is 10.5. The van der Waals surface area contributed by atoms with Gasteiger partial charge in [0.05, 0.1) is 18.9 Å². The zero-order valence-electron chi connectivity index (χ0n) is 22.9. The average Bonchev–Trinajstić information content (AvgIpc) is 3.56. The SMILES string of the molecule is COC(=O)c1nnc(-c2cnc(-c3cccc(-c4cnn(C)c4)c3)nc2NCC2CN(C(=O)OC(C)(C)C)C2)s1. The fraction of sp³-hybridized carbons (Fsp3) is 0.370. The van der Waals surface area contributed by atoms with Crippen LogP contribution in [-0.2, 0) is 16.5 Å². The van der Waals surface area contributed by atoms with E-state index in [4.69, 9.17) is 14.5 Å². The third-order valence-corrected chi connectivity index (χ3v) is 7.07. The highest BCUT2D eigenvalue weighted by Gasteiger charge is 2.33. The van der Waals surface area contributed by atoms with Crippen molar-refractivity contribution in [3.05, 3.63) is 47.9 Å². The van der Waals surface area contributed by atoms with Gasteiger partial charge in [0.15, 0.2) is 10.8 Å². The number of anilines is 1. The number of rotatable bonds is 7. The molecular formula is C27H30N8O4S. The number of aryl methyl sites for hydroxylation is 1. The first-order chi connectivity index (χ1) is 19.1. The molecule has 0 atom stereocenters. The number of hydrogen-bond donors (Lipinski definition) is 1. The summed E-state index contributed by atoms with van der Waals surface area (Å²) < 4.78 is 12.0. The van der Waals surface area contributed by atoms with Crippen molar-refractivity contribution in [3.8, 4) is 33.1 Å². The highest BCUT2D eigenvalue weighted by atomic mass is 32.1. The number of aromatic nitrogens is 6. The van der Waals surface area contributed by atoms with E-state index in [0.717, 1.165) is 28.0 Å². The van der Waals surface area contributed by atoms with Crippen molar-refractivity contribution in [2.24, 2.45) is 13.0 Å². The largest absolute Gasteiger partial charge is 0.464 e. The predicted molar refractivity (Wildman–Crippen MR) is 150 cm³/mol. The van der Waals surface area contributed by atoms with E-state index in [9.17, 15) is 9.59 Å². The van der Waals surface area contributed by atoms with Crippen LogP contribution in [0.25, 0.3) is 33.1 Å². The standard InChI is InChI=1S/C27H30N8O4S/c1-27(2,3)39-26(37)35-13-16(14-35)10-28-22-20(23-32-33-24(40-23)25(36)38-5)12-29-21(31-22)18-8-6-7-17(9-18)19-11-30-34(4)15-19/h6-9,11-12,15-16H,10,13-14H2,1-5H3,(H,28,29,31). The van der Waals surface area contributed by atoms with E-state index in [2.05, 4.69) is 25.6 Å². The number of nitrogens with zero attached hydrogens (tertiary/aromatic N) is 7. The molecule has 0 unspecified atom stereocenters. The average molecular weight is 563 g/mol. The van der Waals surface area contributed by atoms with E-state index in [1.165, 1.54) is 7.11 Å². The Morgan fingerprint density at radius 3 is 2.60 bits per heavy atom. The quantitative estimate of drug-likeness (QED) is 0.327. The molecular weight excluding hydrogens is 532 g/mol. The van der Waals surface area contributed by atoms with Crippen LogP contribution in [0.3, 0.4) is 0 Å². The van der Waals surface area contributed by atoms with E-state index < -0.39 is 11.6 Å². The lowest BCUT2D eigenvalue weighted by Crippen LogP contribution is -2.53. The van der Waals surface area contributed by atoms with Gasteiger partial charge in [-0.25, -0.2) is 19.6 Å². The Bertz CT molecular complexity index is 1540. The van der Waals surface area contributed by atoms with Crippen LogP contribution in [0.1, 0.15) is 30.6 Å². The van der Waals surface area contributed by atoms with Crippen LogP contribution >= 0.6 is 11.3 Å². The first-order valence-electron chi connectivity index (χ1n) is 12.7. The summed E-state index contributed by atoms with van der Waals surface area (Å²) in [5.41, 5.74) is 2.90. The number of esters is 1. The highest BCUT2D eigenvalue weighted by molar-refractivity contribution is 7.16. The number of methoxy groups -OCH3 is 1. The molecule has 4 aromatic rings. The Balaban J connectivity index is 1.39. The summed E-state index contributed by atoms with van der Waals surface area (Å²) in [7, 11) is 3.17. The molecule has 5 rings (SSSR count). The Morgan fingerprint density at radius 1 is 1.12 bits per heavy atom. The Labute approximate surface area is 235 Å². The first-order valence-corrected chi connectivity index (χ1v) is 13.5. The van der Waals surface area contributed by atoms with Crippen molar-refractivity contribution in [2.45, 2.75) is 26.4 Å². The molecule has 208 valence electrons. The first kappa shape index (κ1) is 27.2. The normalized spacial score (nSPS) is 13.6. The van der Waals surface area contributed by atoms with E-state index in [1.54, 1.807) is 15.8 Å². The van der Waals surface area contributed by atoms with Crippen LogP contribution in [0.2, 0.25) is 0 Å². The minimum atomic E-state index is -0.556. The van der Waals surface area contributed by atoms with Crippen molar-refractivity contribution < 1.29 is 19.1 Å². The van der Waals surface area contributed by atoms with Gasteiger partial charge in [-0.2, -0.15) is 5.10 Å². The predicted octanol–water partition coefficient (Wildman–Crippen LogP) is 4.13. The van der Waals surface area contributed by atoms with Crippen molar-refractivity contribution in [1.29, 1.82) is 0 Å². The molecule has 1 N–H and O–H groups in total. The Kier molecular flexibility index (Phi) is 7.48. The number of carbonyl (C=O) groups excluding carboxylic acids is 2. The van der Waals surface area contributed by atoms with E-state index >= 15 is 0 Å². The molecule has 1 aromatic carbocycles. The monoisotopic (exact) mass is 562 g/mol. The molecule has 0 bridgehead atoms. The molecule has 3 aromatic heterocycles. The highest BCUT2D eigenvalue weighted by Crippen LogP contribution is 2.32. The summed E-state index contributed by atoms with van der Waals surface area (Å²) in [6.45, 7) is 7.28. The van der Waals surface area contributed by atoms with Gasteiger partial charge in [0, 0.05) is 56.1 Å². The maximum atomic E-state index is 12.3. The lowest BCUT2D eigenvalue weighted by atomic mass is 10.0. The van der Waals surface area contributed by atoms with Crippen LogP contribution in [0.4, 0.5) is 10.6 Å². The van der Waals surface area contributed by atoms with Crippen LogP contribution in [0.15, 0.2) is 42.9 Å². The fourth-order valence-electron chi connectivity index (χ4n) is 4.14. The minimum absolute atomic E-state index is 0.142. The maximum Gasteiger partial charge on any atom is 0.410 e. The van der Waals surface area contributed by atoms with Crippen LogP contribution < -0.4 is 5.32 Å². The van der Waals surface area contributed by atoms with E-state index in [1.807, 2.05) is 64.5 Å². The third-order valence-electron chi connectivity index (χ3n) is 6.13. The topological polar surface area (TPSA) is 137 Å². The summed E-state index contributed by atoms with van der Waals surface area (Å²) >= 11 is 1.10.